The van der Waals surface area contributed by atoms with Gasteiger partial charge in [-0.3, -0.25) is 4.79 Å². The number of fused-ring (bicyclic) bond motifs is 1. The van der Waals surface area contributed by atoms with Gasteiger partial charge in [-0.25, -0.2) is 13.4 Å². The Labute approximate surface area is 215 Å². The molecule has 4 heterocycles. The smallest absolute Gasteiger partial charge is 0.252 e. The predicted octanol–water partition coefficient (Wildman–Crippen LogP) is 4.55. The number of rotatable bonds is 6. The molecule has 0 saturated carbocycles. The lowest BCUT2D eigenvalue weighted by Crippen LogP contribution is -2.41. The Morgan fingerprint density at radius 3 is 2.63 bits per heavy atom. The summed E-state index contributed by atoms with van der Waals surface area (Å²) < 4.78 is 35.6. The third kappa shape index (κ3) is 4.81. The Bertz CT molecular complexity index is 1500. The third-order valence-electron chi connectivity index (χ3n) is 5.81. The van der Waals surface area contributed by atoms with Crippen LogP contribution in [0.1, 0.15) is 18.5 Å². The largest absolute Gasteiger partial charge is 0.497 e. The van der Waals surface area contributed by atoms with E-state index < -0.39 is 10.0 Å². The van der Waals surface area contributed by atoms with Crippen molar-refractivity contribution in [3.63, 3.8) is 0 Å². The number of halogens is 1. The number of nitrogens with one attached hydrogen (secondary N) is 1. The van der Waals surface area contributed by atoms with E-state index in [0.717, 1.165) is 33.0 Å². The van der Waals surface area contributed by atoms with Crippen LogP contribution in [0.15, 0.2) is 40.6 Å². The van der Waals surface area contributed by atoms with E-state index in [2.05, 4.69) is 15.4 Å². The fraction of sp³-hybridized carbons (Fsp3) is 0.318. The van der Waals surface area contributed by atoms with Crippen LogP contribution in [-0.2, 0) is 14.8 Å². The Morgan fingerprint density at radius 1 is 1.17 bits per heavy atom. The summed E-state index contributed by atoms with van der Waals surface area (Å²) in [5.41, 5.74) is 1.53. The van der Waals surface area contributed by atoms with E-state index in [1.54, 1.807) is 23.9 Å². The van der Waals surface area contributed by atoms with E-state index in [-0.39, 0.29) is 29.1 Å². The minimum atomic E-state index is -3.60. The van der Waals surface area contributed by atoms with Gasteiger partial charge in [0, 0.05) is 31.1 Å². The first-order valence-electron chi connectivity index (χ1n) is 10.8. The molecule has 184 valence electrons. The zero-order valence-electron chi connectivity index (χ0n) is 18.9. The molecule has 13 heteroatoms. The van der Waals surface area contributed by atoms with Crippen LogP contribution < -0.4 is 10.1 Å². The molecule has 4 aromatic rings. The lowest BCUT2D eigenvalue weighted by Gasteiger charge is -2.30. The Hall–Kier alpha value is -2.51. The molecule has 1 amide bonds. The molecule has 0 radical (unpaired) electrons. The number of benzene rings is 1. The van der Waals surface area contributed by atoms with E-state index >= 15 is 0 Å². The number of methoxy groups -OCH3 is 1. The highest BCUT2D eigenvalue weighted by atomic mass is 35.5. The van der Waals surface area contributed by atoms with E-state index in [4.69, 9.17) is 16.3 Å². The summed E-state index contributed by atoms with van der Waals surface area (Å²) in [6.45, 7) is 2.39. The number of carbonyl (C=O) groups is 1. The second kappa shape index (κ2) is 9.51. The van der Waals surface area contributed by atoms with Crippen LogP contribution in [0.5, 0.6) is 5.75 Å². The lowest BCUT2D eigenvalue weighted by molar-refractivity contribution is -0.120. The number of hydrogen-bond donors (Lipinski definition) is 1. The summed E-state index contributed by atoms with van der Waals surface area (Å²) in [6.07, 6.45) is 0.858. The molecule has 1 saturated heterocycles. The molecule has 0 atom stereocenters. The molecule has 1 fully saturated rings. The number of aromatic nitrogens is 3. The molecule has 9 nitrogen and oxygen atoms in total. The van der Waals surface area contributed by atoms with Gasteiger partial charge in [0.15, 0.2) is 0 Å². The second-order valence-electron chi connectivity index (χ2n) is 8.14. The van der Waals surface area contributed by atoms with Gasteiger partial charge < -0.3 is 10.1 Å². The Morgan fingerprint density at radius 2 is 1.94 bits per heavy atom. The van der Waals surface area contributed by atoms with Crippen molar-refractivity contribution in [2.24, 2.45) is 5.92 Å². The van der Waals surface area contributed by atoms with Crippen molar-refractivity contribution in [3.8, 4) is 10.9 Å². The van der Waals surface area contributed by atoms with Crippen LogP contribution in [0.2, 0.25) is 4.34 Å². The number of aryl methyl sites for hydroxylation is 1. The van der Waals surface area contributed by atoms with E-state index in [1.165, 1.54) is 21.7 Å². The van der Waals surface area contributed by atoms with Gasteiger partial charge in [-0.05, 0) is 44.0 Å². The summed E-state index contributed by atoms with van der Waals surface area (Å²) in [6, 6.07) is 10.6. The van der Waals surface area contributed by atoms with Crippen LogP contribution in [0.3, 0.4) is 0 Å². The predicted molar refractivity (Wildman–Crippen MR) is 137 cm³/mol. The minimum absolute atomic E-state index is 0.162. The molecule has 0 unspecified atom stereocenters. The van der Waals surface area contributed by atoms with Crippen molar-refractivity contribution in [1.82, 2.24) is 19.1 Å². The van der Waals surface area contributed by atoms with Gasteiger partial charge >= 0.3 is 0 Å². The number of sulfonamides is 1. The molecular formula is C22H22ClN5O4S3. The van der Waals surface area contributed by atoms with Crippen molar-refractivity contribution in [2.45, 2.75) is 24.0 Å². The number of ether oxygens (including phenoxy) is 1. The van der Waals surface area contributed by atoms with Crippen molar-refractivity contribution < 1.29 is 17.9 Å². The highest BCUT2D eigenvalue weighted by Crippen LogP contribution is 2.32. The van der Waals surface area contributed by atoms with Gasteiger partial charge in [0.25, 0.3) is 10.0 Å². The van der Waals surface area contributed by atoms with Crippen LogP contribution in [0, 0.1) is 12.8 Å². The molecule has 1 aliphatic heterocycles. The van der Waals surface area contributed by atoms with Crippen molar-refractivity contribution in [1.29, 1.82) is 0 Å². The minimum Gasteiger partial charge on any atom is -0.497 e. The Kier molecular flexibility index (Phi) is 6.57. The Balaban J connectivity index is 1.29. The lowest BCUT2D eigenvalue weighted by atomic mass is 9.97. The van der Waals surface area contributed by atoms with Gasteiger partial charge in [-0.2, -0.15) is 14.1 Å². The molecule has 5 rings (SSSR count). The van der Waals surface area contributed by atoms with Gasteiger partial charge in [-0.1, -0.05) is 22.9 Å². The van der Waals surface area contributed by atoms with Crippen LogP contribution >= 0.6 is 34.3 Å². The number of nitrogens with zero attached hydrogens (tertiary/aromatic N) is 4. The molecule has 35 heavy (non-hydrogen) atoms. The summed E-state index contributed by atoms with van der Waals surface area (Å²) >= 11 is 8.41. The average molecular weight is 552 g/mol. The van der Waals surface area contributed by atoms with Gasteiger partial charge in [0.2, 0.25) is 11.0 Å². The maximum Gasteiger partial charge on any atom is 0.252 e. The molecule has 0 bridgehead atoms. The highest BCUT2D eigenvalue weighted by molar-refractivity contribution is 7.91. The van der Waals surface area contributed by atoms with E-state index in [1.807, 2.05) is 25.1 Å². The zero-order chi connectivity index (χ0) is 24.7. The number of amides is 1. The van der Waals surface area contributed by atoms with Crippen molar-refractivity contribution >= 4 is 66.2 Å². The quantitative estimate of drug-likeness (QED) is 0.377. The number of anilines is 1. The van der Waals surface area contributed by atoms with Gasteiger partial charge in [0.1, 0.15) is 15.8 Å². The van der Waals surface area contributed by atoms with Gasteiger partial charge in [0.05, 0.1) is 27.4 Å². The number of thiazole rings is 1. The molecule has 1 aromatic carbocycles. The maximum atomic E-state index is 13.1. The number of thiophene rings is 1. The maximum absolute atomic E-state index is 13.1. The number of carbonyl (C=O) groups excluding carboxylic acids is 1. The first-order valence-corrected chi connectivity index (χ1v) is 14.3. The van der Waals surface area contributed by atoms with Crippen LogP contribution in [0.25, 0.3) is 15.3 Å². The molecule has 1 aliphatic rings. The average Bonchev–Trinajstić information content (AvgIpc) is 3.56. The number of hydrogen-bond acceptors (Lipinski definition) is 8. The summed E-state index contributed by atoms with van der Waals surface area (Å²) in [7, 11) is -1.99. The molecule has 0 spiro atoms. The molecule has 0 aliphatic carbocycles. The highest BCUT2D eigenvalue weighted by Gasteiger charge is 2.33. The standard InChI is InChI=1S/C22H22ClN5O4S3/c1-13-11-19(28(26-13)22-24-16-12-15(32-2)3-4-17(16)33-22)25-21(29)14-7-9-27(10-8-14)35(30,31)20-6-5-18(23)34-20/h3-6,11-12,14H,7-10H2,1-2H3,(H,25,29). The first kappa shape index (κ1) is 24.2. The summed E-state index contributed by atoms with van der Waals surface area (Å²) in [5, 5.41) is 8.13. The summed E-state index contributed by atoms with van der Waals surface area (Å²) in [5.74, 6) is 0.777. The third-order valence-corrected chi connectivity index (χ3v) is 10.4. The molecule has 1 N–H and O–H groups in total. The topological polar surface area (TPSA) is 106 Å². The first-order chi connectivity index (χ1) is 16.7. The molecule has 3 aromatic heterocycles. The SMILES string of the molecule is COc1ccc2sc(-n3nc(C)cc3NC(=O)C3CCN(S(=O)(=O)c4ccc(Cl)s4)CC3)nc2c1. The van der Waals surface area contributed by atoms with Crippen molar-refractivity contribution in [2.75, 3.05) is 25.5 Å². The monoisotopic (exact) mass is 551 g/mol. The van der Waals surface area contributed by atoms with E-state index in [0.29, 0.717) is 28.1 Å². The fourth-order valence-corrected chi connectivity index (χ4v) is 8.02. The normalized spacial score (nSPS) is 15.5. The van der Waals surface area contributed by atoms with Crippen LogP contribution in [0.4, 0.5) is 5.82 Å². The second-order valence-corrected chi connectivity index (χ2v) is 13.0. The number of piperidine rings is 1. The fourth-order valence-electron chi connectivity index (χ4n) is 4.00. The van der Waals surface area contributed by atoms with Crippen molar-refractivity contribution in [3.05, 3.63) is 46.4 Å². The molecular weight excluding hydrogens is 530 g/mol. The van der Waals surface area contributed by atoms with E-state index in [9.17, 15) is 13.2 Å². The zero-order valence-corrected chi connectivity index (χ0v) is 22.1. The van der Waals surface area contributed by atoms with Gasteiger partial charge in [-0.15, -0.1) is 11.3 Å². The van der Waals surface area contributed by atoms with Crippen LogP contribution in [-0.4, -0.2) is 53.6 Å². The summed E-state index contributed by atoms with van der Waals surface area (Å²) in [4.78, 5) is 17.7.